The van der Waals surface area contributed by atoms with Gasteiger partial charge in [0.15, 0.2) is 17.6 Å². The fourth-order valence-electron chi connectivity index (χ4n) is 2.22. The molecule has 9 nitrogen and oxygen atoms in total. The normalized spacial score (nSPS) is 15.8. The number of amides is 3. The lowest BCUT2D eigenvalue weighted by atomic mass is 10.3. The molecule has 0 saturated carbocycles. The number of hydrogen-bond acceptors (Lipinski definition) is 7. The zero-order valence-corrected chi connectivity index (χ0v) is 15.5. The average Bonchev–Trinajstić information content (AvgIpc) is 2.59. The van der Waals surface area contributed by atoms with Crippen LogP contribution in [0.4, 0.5) is 9.59 Å². The second kappa shape index (κ2) is 8.75. The highest BCUT2D eigenvalue weighted by Crippen LogP contribution is 2.30. The molecule has 0 spiro atoms. The summed E-state index contributed by atoms with van der Waals surface area (Å²) < 4.78 is 40.0. The maximum absolute atomic E-state index is 12.0. The molecule has 10 heteroatoms. The van der Waals surface area contributed by atoms with Crippen molar-refractivity contribution in [2.75, 3.05) is 26.0 Å². The Bertz CT molecular complexity index is 751. The van der Waals surface area contributed by atoms with Crippen LogP contribution in [0.2, 0.25) is 0 Å². The van der Waals surface area contributed by atoms with Crippen LogP contribution in [0.15, 0.2) is 24.3 Å². The van der Waals surface area contributed by atoms with E-state index in [0.29, 0.717) is 28.6 Å². The number of nitrogens with one attached hydrogen (secondary N) is 1. The van der Waals surface area contributed by atoms with E-state index >= 15 is 0 Å². The number of ether oxygens (including phenoxy) is 3. The van der Waals surface area contributed by atoms with Crippen molar-refractivity contribution < 1.29 is 32.2 Å². The third-order valence-electron chi connectivity index (χ3n) is 3.52. The fourth-order valence-corrected chi connectivity index (χ4v) is 3.03. The van der Waals surface area contributed by atoms with Crippen molar-refractivity contribution in [1.29, 1.82) is 0 Å². The molecule has 1 atom stereocenters. The van der Waals surface area contributed by atoms with E-state index in [1.807, 2.05) is 18.3 Å². The Morgan fingerprint density at radius 2 is 2.00 bits per heavy atom. The van der Waals surface area contributed by atoms with Gasteiger partial charge in [0.05, 0.1) is 6.26 Å². The number of fused-ring (bicyclic) bond motifs is 1. The maximum atomic E-state index is 12.0. The molecule has 0 unspecified atom stereocenters. The number of hydrogen-bond donors (Lipinski definition) is 1. The van der Waals surface area contributed by atoms with Gasteiger partial charge in [-0.25, -0.2) is 27.6 Å². The number of rotatable bonds is 6. The Hall–Kier alpha value is -2.49. The number of sulfonamides is 1. The summed E-state index contributed by atoms with van der Waals surface area (Å²) in [6.45, 7) is 1.88. The highest BCUT2D eigenvalue weighted by Gasteiger charge is 2.26. The lowest BCUT2D eigenvalue weighted by molar-refractivity contribution is 0.0341. The Morgan fingerprint density at radius 1 is 1.31 bits per heavy atom. The molecule has 3 amide bonds. The van der Waals surface area contributed by atoms with E-state index in [0.717, 1.165) is 6.26 Å². The lowest BCUT2D eigenvalue weighted by Crippen LogP contribution is -2.46. The molecule has 1 aromatic rings. The Kier molecular flexibility index (Phi) is 6.67. The maximum Gasteiger partial charge on any atom is 0.415 e. The molecule has 0 aromatic heterocycles. The van der Waals surface area contributed by atoms with Crippen molar-refractivity contribution in [3.63, 3.8) is 0 Å². The largest absolute Gasteiger partial charge is 0.486 e. The van der Waals surface area contributed by atoms with Crippen LogP contribution in [0.5, 0.6) is 11.5 Å². The molecule has 0 saturated heterocycles. The standard InChI is InChI=1S/C16H22N2O7S/c1-3-4-9-18(26(2,21)22)15(19)17-16(20)24-11-12-10-23-13-7-5-6-8-14(13)25-12/h5-8,12H,3-4,9-11H2,1-2H3,(H,17,19,20)/t12-/m1/s1. The molecule has 144 valence electrons. The first-order valence-corrected chi connectivity index (χ1v) is 10.00. The van der Waals surface area contributed by atoms with Gasteiger partial charge >= 0.3 is 12.1 Å². The van der Waals surface area contributed by atoms with Crippen LogP contribution in [0.1, 0.15) is 19.8 Å². The minimum Gasteiger partial charge on any atom is -0.486 e. The predicted molar refractivity (Wildman–Crippen MR) is 92.7 cm³/mol. The van der Waals surface area contributed by atoms with Crippen LogP contribution in [0.3, 0.4) is 0 Å². The number of alkyl carbamates (subject to hydrolysis) is 1. The minimum atomic E-state index is -3.78. The van der Waals surface area contributed by atoms with Crippen LogP contribution < -0.4 is 14.8 Å². The highest BCUT2D eigenvalue weighted by molar-refractivity contribution is 7.88. The van der Waals surface area contributed by atoms with Gasteiger partial charge in [0.2, 0.25) is 10.0 Å². The summed E-state index contributed by atoms with van der Waals surface area (Å²) in [6.07, 6.45) is 0.504. The Balaban J connectivity index is 1.83. The zero-order chi connectivity index (χ0) is 19.2. The number of urea groups is 1. The summed E-state index contributed by atoms with van der Waals surface area (Å²) in [5.41, 5.74) is 0. The molecule has 1 aliphatic heterocycles. The summed E-state index contributed by atoms with van der Waals surface area (Å²) >= 11 is 0. The number of unbranched alkanes of at least 4 members (excludes halogenated alkanes) is 1. The van der Waals surface area contributed by atoms with E-state index < -0.39 is 28.3 Å². The van der Waals surface area contributed by atoms with E-state index in [-0.39, 0.29) is 19.8 Å². The molecular weight excluding hydrogens is 364 g/mol. The van der Waals surface area contributed by atoms with Crippen LogP contribution >= 0.6 is 0 Å². The number of carbonyl (C=O) groups excluding carboxylic acids is 2. The van der Waals surface area contributed by atoms with Gasteiger partial charge in [-0.1, -0.05) is 25.5 Å². The van der Waals surface area contributed by atoms with Crippen LogP contribution in [0.25, 0.3) is 0 Å². The topological polar surface area (TPSA) is 111 Å². The van der Waals surface area contributed by atoms with Crippen molar-refractivity contribution >= 4 is 22.1 Å². The molecule has 26 heavy (non-hydrogen) atoms. The van der Waals surface area contributed by atoms with Crippen LogP contribution in [-0.2, 0) is 14.8 Å². The predicted octanol–water partition coefficient (Wildman–Crippen LogP) is 1.73. The molecule has 0 aliphatic carbocycles. The third kappa shape index (κ3) is 5.51. The highest BCUT2D eigenvalue weighted by atomic mass is 32.2. The molecule has 1 heterocycles. The SMILES string of the molecule is CCCCN(C(=O)NC(=O)OC[C@H]1COc2ccccc2O1)S(C)(=O)=O. The molecule has 2 rings (SSSR count). The van der Waals surface area contributed by atoms with Gasteiger partial charge in [-0.2, -0.15) is 0 Å². The summed E-state index contributed by atoms with van der Waals surface area (Å²) in [6, 6.07) is 6.03. The van der Waals surface area contributed by atoms with Gasteiger partial charge in [0.1, 0.15) is 13.2 Å². The number of carbonyl (C=O) groups is 2. The molecule has 0 radical (unpaired) electrons. The average molecular weight is 386 g/mol. The zero-order valence-electron chi connectivity index (χ0n) is 14.6. The van der Waals surface area contributed by atoms with E-state index in [1.54, 1.807) is 18.2 Å². The molecule has 0 fully saturated rings. The smallest absolute Gasteiger partial charge is 0.415 e. The van der Waals surface area contributed by atoms with E-state index in [2.05, 4.69) is 0 Å². The van der Waals surface area contributed by atoms with Gasteiger partial charge in [0, 0.05) is 6.54 Å². The number of para-hydroxylation sites is 2. The summed E-state index contributed by atoms with van der Waals surface area (Å²) in [5.74, 6) is 1.13. The number of imide groups is 1. The first-order valence-electron chi connectivity index (χ1n) is 8.15. The van der Waals surface area contributed by atoms with Gasteiger partial charge in [-0.15, -0.1) is 0 Å². The van der Waals surface area contributed by atoms with E-state index in [4.69, 9.17) is 14.2 Å². The van der Waals surface area contributed by atoms with E-state index in [9.17, 15) is 18.0 Å². The Labute approximate surface area is 152 Å². The first-order chi connectivity index (χ1) is 12.3. The second-order valence-corrected chi connectivity index (χ2v) is 7.62. The monoisotopic (exact) mass is 386 g/mol. The molecule has 1 aliphatic rings. The lowest BCUT2D eigenvalue weighted by Gasteiger charge is -2.26. The van der Waals surface area contributed by atoms with Gasteiger partial charge < -0.3 is 14.2 Å². The van der Waals surface area contributed by atoms with Crippen molar-refractivity contribution in [2.24, 2.45) is 0 Å². The first kappa shape index (κ1) is 19.8. The summed E-state index contributed by atoms with van der Waals surface area (Å²) in [7, 11) is -3.78. The van der Waals surface area contributed by atoms with Crippen molar-refractivity contribution in [2.45, 2.75) is 25.9 Å². The van der Waals surface area contributed by atoms with Gasteiger partial charge in [-0.3, -0.25) is 0 Å². The molecular formula is C16H22N2O7S. The fraction of sp³-hybridized carbons (Fsp3) is 0.500. The molecule has 1 N–H and O–H groups in total. The van der Waals surface area contributed by atoms with E-state index in [1.165, 1.54) is 0 Å². The van der Waals surface area contributed by atoms with Gasteiger partial charge in [0.25, 0.3) is 0 Å². The summed E-state index contributed by atoms with van der Waals surface area (Å²) in [4.78, 5) is 23.8. The van der Waals surface area contributed by atoms with Crippen molar-refractivity contribution in [1.82, 2.24) is 9.62 Å². The Morgan fingerprint density at radius 3 is 2.65 bits per heavy atom. The molecule has 1 aromatic carbocycles. The quantitative estimate of drug-likeness (QED) is 0.792. The second-order valence-electron chi connectivity index (χ2n) is 5.71. The minimum absolute atomic E-state index is 0.00912. The van der Waals surface area contributed by atoms with Crippen LogP contribution in [-0.4, -0.2) is 57.0 Å². The third-order valence-corrected chi connectivity index (χ3v) is 4.67. The van der Waals surface area contributed by atoms with Crippen LogP contribution in [0, 0.1) is 0 Å². The number of benzene rings is 1. The van der Waals surface area contributed by atoms with Crippen molar-refractivity contribution in [3.8, 4) is 11.5 Å². The number of nitrogens with zero attached hydrogens (tertiary/aromatic N) is 1. The van der Waals surface area contributed by atoms with Crippen molar-refractivity contribution in [3.05, 3.63) is 24.3 Å². The summed E-state index contributed by atoms with van der Waals surface area (Å²) in [5, 5.41) is 1.90. The van der Waals surface area contributed by atoms with Gasteiger partial charge in [-0.05, 0) is 18.6 Å². The molecule has 0 bridgehead atoms.